The standard InChI is InChI=1S/C12H20F3N3O2/c1-11(8-20-6-9(11)16)10(19)18-4-2-17(3-5-18)7-12(13,14)15/h9H,2-8,16H2,1H3. The molecule has 2 N–H and O–H groups in total. The molecule has 5 nitrogen and oxygen atoms in total. The summed E-state index contributed by atoms with van der Waals surface area (Å²) in [4.78, 5) is 15.4. The molecule has 2 unspecified atom stereocenters. The van der Waals surface area contributed by atoms with E-state index in [9.17, 15) is 18.0 Å². The predicted octanol–water partition coefficient (Wildman–Crippen LogP) is 0.0567. The van der Waals surface area contributed by atoms with Gasteiger partial charge in [-0.1, -0.05) is 0 Å². The Hall–Kier alpha value is -0.860. The molecule has 2 aliphatic heterocycles. The minimum atomic E-state index is -4.19. The van der Waals surface area contributed by atoms with E-state index in [2.05, 4.69) is 0 Å². The van der Waals surface area contributed by atoms with Crippen molar-refractivity contribution in [3.63, 3.8) is 0 Å². The van der Waals surface area contributed by atoms with Crippen LogP contribution in [0, 0.1) is 5.41 Å². The van der Waals surface area contributed by atoms with Crippen LogP contribution in [0.2, 0.25) is 0 Å². The molecule has 2 fully saturated rings. The van der Waals surface area contributed by atoms with Crippen molar-refractivity contribution in [3.05, 3.63) is 0 Å². The summed E-state index contributed by atoms with van der Waals surface area (Å²) in [6, 6.07) is -0.358. The van der Waals surface area contributed by atoms with Gasteiger partial charge in [0.05, 0.1) is 25.2 Å². The van der Waals surface area contributed by atoms with Crippen LogP contribution in [0.25, 0.3) is 0 Å². The van der Waals surface area contributed by atoms with Crippen molar-refractivity contribution in [2.75, 3.05) is 45.9 Å². The number of alkyl halides is 3. The number of piperazine rings is 1. The largest absolute Gasteiger partial charge is 0.401 e. The fraction of sp³-hybridized carbons (Fsp3) is 0.917. The fourth-order valence-electron chi connectivity index (χ4n) is 2.63. The van der Waals surface area contributed by atoms with Crippen LogP contribution in [-0.4, -0.2) is 73.9 Å². The van der Waals surface area contributed by atoms with Gasteiger partial charge in [-0.15, -0.1) is 0 Å². The Balaban J connectivity index is 1.89. The van der Waals surface area contributed by atoms with Crippen LogP contribution >= 0.6 is 0 Å². The summed E-state index contributed by atoms with van der Waals surface area (Å²) in [7, 11) is 0. The van der Waals surface area contributed by atoms with Crippen molar-refractivity contribution >= 4 is 5.91 Å². The average Bonchev–Trinajstić information content (AvgIpc) is 2.69. The molecular weight excluding hydrogens is 275 g/mol. The molecule has 0 aliphatic carbocycles. The summed E-state index contributed by atoms with van der Waals surface area (Å²) < 4.78 is 42.1. The lowest BCUT2D eigenvalue weighted by Gasteiger charge is -2.39. The molecule has 0 aromatic rings. The first-order valence-corrected chi connectivity index (χ1v) is 6.64. The number of carbonyl (C=O) groups excluding carboxylic acids is 1. The van der Waals surface area contributed by atoms with E-state index in [4.69, 9.17) is 10.5 Å². The second-order valence-electron chi connectivity index (χ2n) is 5.72. The molecule has 0 bridgehead atoms. The van der Waals surface area contributed by atoms with Gasteiger partial charge in [-0.25, -0.2) is 0 Å². The van der Waals surface area contributed by atoms with E-state index in [0.717, 1.165) is 0 Å². The molecule has 1 amide bonds. The number of nitrogens with zero attached hydrogens (tertiary/aromatic N) is 2. The first-order valence-electron chi connectivity index (χ1n) is 6.64. The number of hydrogen-bond acceptors (Lipinski definition) is 4. The van der Waals surface area contributed by atoms with Gasteiger partial charge in [-0.2, -0.15) is 13.2 Å². The van der Waals surface area contributed by atoms with Gasteiger partial charge in [0.2, 0.25) is 5.91 Å². The van der Waals surface area contributed by atoms with E-state index >= 15 is 0 Å². The Morgan fingerprint density at radius 2 is 1.95 bits per heavy atom. The van der Waals surface area contributed by atoms with Crippen LogP contribution in [0.1, 0.15) is 6.92 Å². The third-order valence-corrected chi connectivity index (χ3v) is 4.07. The molecule has 116 valence electrons. The molecule has 2 aliphatic rings. The van der Waals surface area contributed by atoms with E-state index in [-0.39, 0.29) is 31.6 Å². The van der Waals surface area contributed by atoms with E-state index in [0.29, 0.717) is 19.7 Å². The van der Waals surface area contributed by atoms with Crippen LogP contribution in [0.3, 0.4) is 0 Å². The van der Waals surface area contributed by atoms with Crippen LogP contribution in [0.4, 0.5) is 13.2 Å². The molecule has 0 saturated carbocycles. The summed E-state index contributed by atoms with van der Waals surface area (Å²) in [6.07, 6.45) is -4.19. The Bertz CT molecular complexity index is 369. The lowest BCUT2D eigenvalue weighted by Crippen LogP contribution is -2.57. The Morgan fingerprint density at radius 1 is 1.35 bits per heavy atom. The number of hydrogen-bond donors (Lipinski definition) is 1. The number of amides is 1. The maximum atomic E-state index is 12.4. The predicted molar refractivity (Wildman–Crippen MR) is 66.0 cm³/mol. The molecule has 0 radical (unpaired) electrons. The molecule has 0 spiro atoms. The number of carbonyl (C=O) groups is 1. The number of ether oxygens (including phenoxy) is 1. The van der Waals surface area contributed by atoms with Gasteiger partial charge >= 0.3 is 6.18 Å². The van der Waals surface area contributed by atoms with Gasteiger partial charge in [0, 0.05) is 32.2 Å². The van der Waals surface area contributed by atoms with Crippen LogP contribution in [-0.2, 0) is 9.53 Å². The molecule has 2 rings (SSSR count). The molecule has 0 aromatic heterocycles. The molecular formula is C12H20F3N3O2. The maximum Gasteiger partial charge on any atom is 0.401 e. The number of rotatable bonds is 2. The van der Waals surface area contributed by atoms with E-state index < -0.39 is 18.1 Å². The lowest BCUT2D eigenvalue weighted by molar-refractivity contribution is -0.154. The van der Waals surface area contributed by atoms with E-state index in [1.54, 1.807) is 11.8 Å². The molecule has 2 atom stereocenters. The highest BCUT2D eigenvalue weighted by molar-refractivity contribution is 5.83. The SMILES string of the molecule is CC1(C(=O)N2CCN(CC(F)(F)F)CC2)COCC1N. The van der Waals surface area contributed by atoms with Crippen molar-refractivity contribution in [2.45, 2.75) is 19.1 Å². The van der Waals surface area contributed by atoms with Crippen molar-refractivity contribution < 1.29 is 22.7 Å². The summed E-state index contributed by atoms with van der Waals surface area (Å²) in [5.41, 5.74) is 5.14. The highest BCUT2D eigenvalue weighted by Crippen LogP contribution is 2.30. The number of halogens is 3. The minimum Gasteiger partial charge on any atom is -0.379 e. The third kappa shape index (κ3) is 3.24. The summed E-state index contributed by atoms with van der Waals surface area (Å²) in [5.74, 6) is -0.117. The Kier molecular flexibility index (Phi) is 4.27. The monoisotopic (exact) mass is 295 g/mol. The van der Waals surface area contributed by atoms with Crippen molar-refractivity contribution in [3.8, 4) is 0 Å². The highest BCUT2D eigenvalue weighted by Gasteiger charge is 2.47. The van der Waals surface area contributed by atoms with Gasteiger partial charge in [0.15, 0.2) is 0 Å². The van der Waals surface area contributed by atoms with Gasteiger partial charge in [-0.3, -0.25) is 9.69 Å². The average molecular weight is 295 g/mol. The quantitative estimate of drug-likeness (QED) is 0.782. The second kappa shape index (κ2) is 5.50. The zero-order valence-corrected chi connectivity index (χ0v) is 11.4. The first-order chi connectivity index (χ1) is 9.22. The molecule has 20 heavy (non-hydrogen) atoms. The normalized spacial score (nSPS) is 32.6. The third-order valence-electron chi connectivity index (χ3n) is 4.07. The molecule has 2 saturated heterocycles. The topological polar surface area (TPSA) is 58.8 Å². The Labute approximate surface area is 115 Å². The smallest absolute Gasteiger partial charge is 0.379 e. The molecule has 8 heteroatoms. The Morgan fingerprint density at radius 3 is 2.40 bits per heavy atom. The summed E-state index contributed by atoms with van der Waals surface area (Å²) >= 11 is 0. The minimum absolute atomic E-state index is 0.117. The fourth-order valence-corrected chi connectivity index (χ4v) is 2.63. The lowest BCUT2D eigenvalue weighted by atomic mass is 9.84. The van der Waals surface area contributed by atoms with Gasteiger partial charge in [0.25, 0.3) is 0 Å². The molecule has 2 heterocycles. The van der Waals surface area contributed by atoms with Gasteiger partial charge < -0.3 is 15.4 Å². The van der Waals surface area contributed by atoms with Crippen molar-refractivity contribution in [1.82, 2.24) is 9.80 Å². The van der Waals surface area contributed by atoms with Crippen LogP contribution < -0.4 is 5.73 Å². The molecule has 0 aromatic carbocycles. The van der Waals surface area contributed by atoms with Gasteiger partial charge in [0.1, 0.15) is 0 Å². The van der Waals surface area contributed by atoms with E-state index in [1.165, 1.54) is 4.90 Å². The first kappa shape index (κ1) is 15.5. The van der Waals surface area contributed by atoms with Gasteiger partial charge in [-0.05, 0) is 6.92 Å². The van der Waals surface area contributed by atoms with Crippen LogP contribution in [0.15, 0.2) is 0 Å². The van der Waals surface area contributed by atoms with Crippen molar-refractivity contribution in [1.29, 1.82) is 0 Å². The number of nitrogens with two attached hydrogens (primary N) is 1. The maximum absolute atomic E-state index is 12.4. The zero-order valence-electron chi connectivity index (χ0n) is 11.4. The zero-order chi connectivity index (χ0) is 15.0. The summed E-state index contributed by atoms with van der Waals surface area (Å²) in [5, 5.41) is 0. The summed E-state index contributed by atoms with van der Waals surface area (Å²) in [6.45, 7) is 2.53. The second-order valence-corrected chi connectivity index (χ2v) is 5.72. The van der Waals surface area contributed by atoms with Crippen molar-refractivity contribution in [2.24, 2.45) is 11.1 Å². The highest BCUT2D eigenvalue weighted by atomic mass is 19.4. The van der Waals surface area contributed by atoms with E-state index in [1.807, 2.05) is 0 Å². The van der Waals surface area contributed by atoms with Crippen LogP contribution in [0.5, 0.6) is 0 Å².